The second kappa shape index (κ2) is 19.3. The molecule has 1 heterocycles. The largest absolute Gasteiger partial charge is 0.391 e. The molecule has 0 bridgehead atoms. The monoisotopic (exact) mass is 750 g/mol. The minimum Gasteiger partial charge on any atom is -0.391 e. The second-order valence-corrected chi connectivity index (χ2v) is 16.2. The molecule has 5 N–H and O–H groups in total. The zero-order chi connectivity index (χ0) is 39.5. The Bertz CT molecular complexity index is 1810. The van der Waals surface area contributed by atoms with Gasteiger partial charge in [-0.2, -0.15) is 0 Å². The highest BCUT2D eigenvalue weighted by Gasteiger charge is 2.32. The van der Waals surface area contributed by atoms with E-state index in [2.05, 4.69) is 25.7 Å². The van der Waals surface area contributed by atoms with Gasteiger partial charge in [-0.1, -0.05) is 71.0 Å². The quantitative estimate of drug-likeness (QED) is 0.124. The van der Waals surface area contributed by atoms with E-state index in [0.29, 0.717) is 12.2 Å². The number of carbonyl (C=O) groups excluding carboxylic acids is 4. The van der Waals surface area contributed by atoms with Crippen LogP contribution in [0.2, 0.25) is 0 Å². The maximum absolute atomic E-state index is 13.8. The lowest BCUT2D eigenvalue weighted by Crippen LogP contribution is -2.52. The van der Waals surface area contributed by atoms with Gasteiger partial charge in [0.05, 0.1) is 29.6 Å². The summed E-state index contributed by atoms with van der Waals surface area (Å²) in [7, 11) is -2.16. The lowest BCUT2D eigenvalue weighted by atomic mass is 9.91. The number of nitrogens with one attached hydrogen (secondary N) is 4. The summed E-state index contributed by atoms with van der Waals surface area (Å²) in [6, 6.07) is 16.5. The molecule has 288 valence electrons. The molecular formula is C39H54N6O7S. The Morgan fingerprint density at radius 3 is 1.96 bits per heavy atom. The first-order valence-electron chi connectivity index (χ1n) is 17.9. The van der Waals surface area contributed by atoms with Gasteiger partial charge in [0.15, 0.2) is 0 Å². The first kappa shape index (κ1) is 42.6. The number of nitrogens with zero attached hydrogens (tertiary/aromatic N) is 2. The minimum absolute atomic E-state index is 0.000813. The average molecular weight is 751 g/mol. The van der Waals surface area contributed by atoms with E-state index in [9.17, 15) is 32.7 Å². The number of aromatic nitrogens is 1. The molecule has 4 amide bonds. The third-order valence-corrected chi connectivity index (χ3v) is 10.2. The molecule has 0 spiro atoms. The van der Waals surface area contributed by atoms with Gasteiger partial charge in [0, 0.05) is 30.3 Å². The van der Waals surface area contributed by atoms with E-state index in [1.54, 1.807) is 38.4 Å². The fraction of sp³-hybridized carbons (Fsp3) is 0.462. The van der Waals surface area contributed by atoms with Crippen molar-refractivity contribution in [3.05, 3.63) is 89.6 Å². The normalized spacial score (nSPS) is 14.4. The smallest absolute Gasteiger partial charge is 0.251 e. The molecule has 0 aliphatic carbocycles. The van der Waals surface area contributed by atoms with Crippen LogP contribution in [0.1, 0.15) is 93.6 Å². The van der Waals surface area contributed by atoms with Crippen LogP contribution in [0, 0.1) is 17.8 Å². The summed E-state index contributed by atoms with van der Waals surface area (Å²) in [5.41, 5.74) is 0.953. The second-order valence-electron chi connectivity index (χ2n) is 14.1. The Labute approximate surface area is 313 Å². The number of hydrogen-bond donors (Lipinski definition) is 5. The molecule has 0 aliphatic heterocycles. The Balaban J connectivity index is 1.80. The first-order valence-corrected chi connectivity index (χ1v) is 19.6. The van der Waals surface area contributed by atoms with Crippen LogP contribution in [0.4, 0.5) is 11.5 Å². The van der Waals surface area contributed by atoms with E-state index in [1.165, 1.54) is 30.0 Å². The standard InChI is InChI=1S/C39H54N6O7S/c1-9-53(51,52)44-31-22-29(37(48)41-27(7)28-15-11-10-12-16-28)21-30(23-31)38(49)42-32(19-24(2)3)33(46)20-26(6)36(47)43-35(25(4)5)39(50)45(8)34-17-13-14-18-40-34/h10-18,21-27,32-33,35,44,46H,9,19-20H2,1-8H3,(H,41,48)(H,42,49)(H,43,47). The van der Waals surface area contributed by atoms with Crippen LogP contribution in [0.15, 0.2) is 72.9 Å². The first-order chi connectivity index (χ1) is 24.9. The molecule has 3 rings (SSSR count). The third kappa shape index (κ3) is 12.7. The topological polar surface area (TPSA) is 187 Å². The van der Waals surface area contributed by atoms with Gasteiger partial charge < -0.3 is 21.1 Å². The fourth-order valence-corrected chi connectivity index (χ4v) is 6.31. The molecule has 0 fully saturated rings. The van der Waals surface area contributed by atoms with E-state index < -0.39 is 51.9 Å². The van der Waals surface area contributed by atoms with Crippen molar-refractivity contribution in [3.63, 3.8) is 0 Å². The number of sulfonamides is 1. The van der Waals surface area contributed by atoms with Gasteiger partial charge in [0.2, 0.25) is 15.9 Å². The highest BCUT2D eigenvalue weighted by atomic mass is 32.2. The number of carbonyl (C=O) groups is 4. The van der Waals surface area contributed by atoms with E-state index in [4.69, 9.17) is 0 Å². The van der Waals surface area contributed by atoms with Crippen molar-refractivity contribution in [2.24, 2.45) is 17.8 Å². The number of aliphatic hydroxyl groups is 1. The number of anilines is 2. The number of likely N-dealkylation sites (N-methyl/N-ethyl adjacent to an activating group) is 1. The van der Waals surface area contributed by atoms with Crippen LogP contribution in [-0.4, -0.2) is 73.1 Å². The molecule has 53 heavy (non-hydrogen) atoms. The molecular weight excluding hydrogens is 697 g/mol. The molecule has 5 atom stereocenters. The summed E-state index contributed by atoms with van der Waals surface area (Å²) in [5, 5.41) is 20.0. The van der Waals surface area contributed by atoms with Gasteiger partial charge in [-0.3, -0.25) is 28.8 Å². The highest BCUT2D eigenvalue weighted by molar-refractivity contribution is 7.92. The Hall–Kier alpha value is -4.82. The molecule has 0 aliphatic rings. The van der Waals surface area contributed by atoms with E-state index in [1.807, 2.05) is 65.0 Å². The fourth-order valence-electron chi connectivity index (χ4n) is 5.69. The number of aliphatic hydroxyl groups excluding tert-OH is 1. The predicted molar refractivity (Wildman–Crippen MR) is 207 cm³/mol. The summed E-state index contributed by atoms with van der Waals surface area (Å²) < 4.78 is 27.4. The maximum atomic E-state index is 13.8. The molecule has 3 aromatic rings. The van der Waals surface area contributed by atoms with Crippen molar-refractivity contribution in [3.8, 4) is 0 Å². The van der Waals surface area contributed by atoms with Gasteiger partial charge in [-0.25, -0.2) is 13.4 Å². The van der Waals surface area contributed by atoms with Crippen molar-refractivity contribution >= 4 is 45.2 Å². The minimum atomic E-state index is -3.75. The van der Waals surface area contributed by atoms with Crippen LogP contribution in [0.25, 0.3) is 0 Å². The Morgan fingerprint density at radius 1 is 0.811 bits per heavy atom. The average Bonchev–Trinajstić information content (AvgIpc) is 3.12. The van der Waals surface area contributed by atoms with Gasteiger partial charge in [-0.05, 0) is 74.4 Å². The number of hydrogen-bond acceptors (Lipinski definition) is 8. The van der Waals surface area contributed by atoms with Crippen molar-refractivity contribution in [1.29, 1.82) is 0 Å². The molecule has 0 saturated carbocycles. The van der Waals surface area contributed by atoms with E-state index in [-0.39, 0.29) is 52.8 Å². The Kier molecular flexibility index (Phi) is 15.5. The summed E-state index contributed by atoms with van der Waals surface area (Å²) in [5.74, 6) is -2.66. The molecule has 1 aromatic heterocycles. The maximum Gasteiger partial charge on any atom is 0.251 e. The molecule has 13 nitrogen and oxygen atoms in total. The van der Waals surface area contributed by atoms with Crippen molar-refractivity contribution in [2.45, 2.75) is 85.5 Å². The molecule has 14 heteroatoms. The van der Waals surface area contributed by atoms with Crippen LogP contribution in [-0.2, 0) is 19.6 Å². The van der Waals surface area contributed by atoms with Crippen molar-refractivity contribution < 1.29 is 32.7 Å². The summed E-state index contributed by atoms with van der Waals surface area (Å²) >= 11 is 0. The molecule has 5 unspecified atom stereocenters. The van der Waals surface area contributed by atoms with Crippen LogP contribution in [0.3, 0.4) is 0 Å². The van der Waals surface area contributed by atoms with Gasteiger partial charge >= 0.3 is 0 Å². The van der Waals surface area contributed by atoms with Gasteiger partial charge in [0.1, 0.15) is 11.9 Å². The summed E-state index contributed by atoms with van der Waals surface area (Å²) in [6.07, 6.45) is 0.738. The van der Waals surface area contributed by atoms with Crippen LogP contribution < -0.4 is 25.6 Å². The number of rotatable bonds is 18. The zero-order valence-electron chi connectivity index (χ0n) is 31.8. The summed E-state index contributed by atoms with van der Waals surface area (Å²) in [4.78, 5) is 59.6. The summed E-state index contributed by atoms with van der Waals surface area (Å²) in [6.45, 7) is 12.4. The van der Waals surface area contributed by atoms with E-state index in [0.717, 1.165) is 5.56 Å². The lowest BCUT2D eigenvalue weighted by molar-refractivity contribution is -0.131. The predicted octanol–water partition coefficient (Wildman–Crippen LogP) is 4.67. The van der Waals surface area contributed by atoms with Gasteiger partial charge in [-0.15, -0.1) is 0 Å². The SMILES string of the molecule is CCS(=O)(=O)Nc1cc(C(=O)NC(C)c2ccccc2)cc(C(=O)NC(CC(C)C)C(O)CC(C)C(=O)NC(C(=O)N(C)c2ccccn2)C(C)C)c1. The van der Waals surface area contributed by atoms with Crippen molar-refractivity contribution in [1.82, 2.24) is 20.9 Å². The van der Waals surface area contributed by atoms with Crippen LogP contribution >= 0.6 is 0 Å². The zero-order valence-corrected chi connectivity index (χ0v) is 32.6. The number of pyridine rings is 1. The third-order valence-electron chi connectivity index (χ3n) is 8.86. The Morgan fingerprint density at radius 2 is 1.42 bits per heavy atom. The lowest BCUT2D eigenvalue weighted by Gasteiger charge is -2.30. The van der Waals surface area contributed by atoms with Gasteiger partial charge in [0.25, 0.3) is 17.7 Å². The van der Waals surface area contributed by atoms with E-state index >= 15 is 0 Å². The number of amides is 4. The highest BCUT2D eigenvalue weighted by Crippen LogP contribution is 2.22. The molecule has 2 aromatic carbocycles. The number of benzene rings is 2. The molecule has 0 radical (unpaired) electrons. The van der Waals surface area contributed by atoms with Crippen LogP contribution in [0.5, 0.6) is 0 Å². The molecule has 0 saturated heterocycles. The van der Waals surface area contributed by atoms with Crippen molar-refractivity contribution in [2.75, 3.05) is 22.4 Å².